The molecule has 1 saturated carbocycles. The van der Waals surface area contributed by atoms with Gasteiger partial charge in [-0.1, -0.05) is 0 Å². The molecule has 174 valence electrons. The highest BCUT2D eigenvalue weighted by molar-refractivity contribution is 7.17. The fraction of sp³-hybridized carbons (Fsp3) is 0.348. The largest absolute Gasteiger partial charge is 0.367 e. The second kappa shape index (κ2) is 8.03. The summed E-state index contributed by atoms with van der Waals surface area (Å²) in [7, 11) is 0. The number of nitrogens with zero attached hydrogens (tertiary/aromatic N) is 4. The van der Waals surface area contributed by atoms with Gasteiger partial charge in [0.2, 0.25) is 5.91 Å². The van der Waals surface area contributed by atoms with Gasteiger partial charge < -0.3 is 16.0 Å². The van der Waals surface area contributed by atoms with E-state index >= 15 is 0 Å². The Hall–Kier alpha value is -3.57. The third kappa shape index (κ3) is 3.86. The van der Waals surface area contributed by atoms with Crippen molar-refractivity contribution in [3.05, 3.63) is 40.4 Å². The van der Waals surface area contributed by atoms with Crippen molar-refractivity contribution in [3.8, 4) is 10.6 Å². The molecule has 4 N–H and O–H groups in total. The van der Waals surface area contributed by atoms with E-state index in [0.717, 1.165) is 30.0 Å². The maximum atomic E-state index is 12.9. The van der Waals surface area contributed by atoms with Crippen molar-refractivity contribution in [2.24, 2.45) is 5.73 Å². The lowest BCUT2D eigenvalue weighted by atomic mass is 10.1. The van der Waals surface area contributed by atoms with Crippen LogP contribution in [0.4, 0.5) is 5.82 Å². The zero-order chi connectivity index (χ0) is 23.4. The molecule has 1 atom stereocenters. The molecule has 3 aliphatic rings. The minimum Gasteiger partial charge on any atom is -0.367 e. The monoisotopic (exact) mass is 477 g/mol. The molecule has 1 aliphatic carbocycles. The van der Waals surface area contributed by atoms with Crippen molar-refractivity contribution < 1.29 is 14.4 Å². The summed E-state index contributed by atoms with van der Waals surface area (Å²) in [4.78, 5) is 44.7. The second-order valence-electron chi connectivity index (χ2n) is 8.97. The maximum absolute atomic E-state index is 12.9. The van der Waals surface area contributed by atoms with Crippen LogP contribution in [-0.4, -0.2) is 62.4 Å². The number of hydrogen-bond donors (Lipinski definition) is 3. The lowest BCUT2D eigenvalue weighted by Crippen LogP contribution is -2.31. The van der Waals surface area contributed by atoms with Gasteiger partial charge in [-0.2, -0.15) is 9.61 Å². The van der Waals surface area contributed by atoms with Gasteiger partial charge >= 0.3 is 0 Å². The summed E-state index contributed by atoms with van der Waals surface area (Å²) in [6.07, 6.45) is 6.36. The van der Waals surface area contributed by atoms with Crippen LogP contribution in [0, 0.1) is 0 Å². The first-order chi connectivity index (χ1) is 16.4. The molecule has 10 nitrogen and oxygen atoms in total. The van der Waals surface area contributed by atoms with Crippen LogP contribution in [-0.2, 0) is 9.59 Å². The van der Waals surface area contributed by atoms with E-state index in [-0.39, 0.29) is 30.2 Å². The predicted molar refractivity (Wildman–Crippen MR) is 127 cm³/mol. The molecular weight excluding hydrogens is 454 g/mol. The molecule has 0 radical (unpaired) electrons. The van der Waals surface area contributed by atoms with Crippen molar-refractivity contribution in [2.45, 2.75) is 37.8 Å². The molecule has 3 aromatic heterocycles. The van der Waals surface area contributed by atoms with Crippen LogP contribution in [0.3, 0.4) is 0 Å². The molecular formula is C23H23N7O3S. The first-order valence-corrected chi connectivity index (χ1v) is 12.1. The fourth-order valence-electron chi connectivity index (χ4n) is 4.27. The minimum atomic E-state index is -0.389. The van der Waals surface area contributed by atoms with E-state index < -0.39 is 0 Å². The average Bonchev–Trinajstić information content (AvgIpc) is 3.18. The fourth-order valence-corrected chi connectivity index (χ4v) is 5.21. The van der Waals surface area contributed by atoms with Gasteiger partial charge in [-0.15, -0.1) is 11.3 Å². The molecule has 3 amide bonds. The molecule has 2 aliphatic heterocycles. The second-order valence-corrected chi connectivity index (χ2v) is 10.1. The van der Waals surface area contributed by atoms with Gasteiger partial charge in [0.05, 0.1) is 28.1 Å². The van der Waals surface area contributed by atoms with E-state index in [4.69, 9.17) is 10.7 Å². The Bertz CT molecular complexity index is 1370. The number of thiophene rings is 1. The number of aromatic nitrogens is 3. The summed E-state index contributed by atoms with van der Waals surface area (Å²) in [6, 6.07) is 6.11. The van der Waals surface area contributed by atoms with Crippen LogP contribution in [0.5, 0.6) is 0 Å². The van der Waals surface area contributed by atoms with Gasteiger partial charge in [0.25, 0.3) is 11.8 Å². The normalized spacial score (nSPS) is 21.6. The number of likely N-dealkylation sites (tertiary alicyclic amines) is 1. The molecule has 3 aromatic rings. The number of carbonyl (C=O) groups excluding carboxylic acids is 3. The van der Waals surface area contributed by atoms with Crippen LogP contribution in [0.1, 0.15) is 40.9 Å². The quantitative estimate of drug-likeness (QED) is 0.376. The maximum Gasteiger partial charge on any atom is 0.263 e. The van der Waals surface area contributed by atoms with Gasteiger partial charge in [0.15, 0.2) is 5.65 Å². The SMILES string of the molecule is NC1CCN(C(=O)c2ccc(-c3cc(NC4CC4)n4ncc(/C=C5\CC(=O)NC5=O)c4n3)s2)C1. The van der Waals surface area contributed by atoms with E-state index in [2.05, 4.69) is 15.7 Å². The smallest absolute Gasteiger partial charge is 0.263 e. The highest BCUT2D eigenvalue weighted by Gasteiger charge is 2.28. The van der Waals surface area contributed by atoms with E-state index in [1.165, 1.54) is 11.3 Å². The van der Waals surface area contributed by atoms with Gasteiger partial charge in [0, 0.05) is 42.4 Å². The van der Waals surface area contributed by atoms with E-state index in [1.54, 1.807) is 21.7 Å². The lowest BCUT2D eigenvalue weighted by molar-refractivity contribution is -0.124. The Morgan fingerprint density at radius 1 is 1.26 bits per heavy atom. The van der Waals surface area contributed by atoms with Crippen LogP contribution in [0.25, 0.3) is 22.3 Å². The van der Waals surface area contributed by atoms with Crippen molar-refractivity contribution >= 4 is 46.6 Å². The molecule has 2 saturated heterocycles. The number of fused-ring (bicyclic) bond motifs is 1. The molecule has 0 aromatic carbocycles. The Balaban J connectivity index is 1.38. The Morgan fingerprint density at radius 2 is 2.12 bits per heavy atom. The molecule has 6 rings (SSSR count). The topological polar surface area (TPSA) is 135 Å². The van der Waals surface area contributed by atoms with Crippen LogP contribution < -0.4 is 16.4 Å². The van der Waals surface area contributed by atoms with E-state index in [1.807, 2.05) is 18.2 Å². The van der Waals surface area contributed by atoms with Crippen LogP contribution in [0.2, 0.25) is 0 Å². The number of carbonyl (C=O) groups is 3. The summed E-state index contributed by atoms with van der Waals surface area (Å²) >= 11 is 1.40. The van der Waals surface area contributed by atoms with Crippen molar-refractivity contribution in [1.82, 2.24) is 24.8 Å². The highest BCUT2D eigenvalue weighted by Crippen LogP contribution is 2.33. The first kappa shape index (κ1) is 21.0. The molecule has 11 heteroatoms. The van der Waals surface area contributed by atoms with Crippen molar-refractivity contribution in [3.63, 3.8) is 0 Å². The van der Waals surface area contributed by atoms with Gasteiger partial charge in [0.1, 0.15) is 5.82 Å². The summed E-state index contributed by atoms with van der Waals surface area (Å²) in [5.41, 5.74) is 8.29. The molecule has 34 heavy (non-hydrogen) atoms. The number of rotatable bonds is 5. The van der Waals surface area contributed by atoms with Crippen molar-refractivity contribution in [1.29, 1.82) is 0 Å². The zero-order valence-corrected chi connectivity index (χ0v) is 19.1. The number of nitrogens with two attached hydrogens (primary N) is 1. The Labute approximate surface area is 198 Å². The van der Waals surface area contributed by atoms with Crippen LogP contribution in [0.15, 0.2) is 30.0 Å². The zero-order valence-electron chi connectivity index (χ0n) is 18.3. The Kier molecular flexibility index (Phi) is 4.96. The van der Waals surface area contributed by atoms with E-state index in [0.29, 0.717) is 46.5 Å². The summed E-state index contributed by atoms with van der Waals surface area (Å²) in [5, 5.41) is 10.3. The number of nitrogens with one attached hydrogen (secondary N) is 2. The molecule has 0 spiro atoms. The molecule has 1 unspecified atom stereocenters. The molecule has 3 fully saturated rings. The predicted octanol–water partition coefficient (Wildman–Crippen LogP) is 1.64. The standard InChI is InChI=1S/C23H23N7O3S/c24-14-5-6-29(11-14)23(33)18-4-3-17(34-18)16-9-19(26-15-1-2-15)30-21(27-16)13(10-25-30)7-12-8-20(31)28-22(12)32/h3-4,7,9-10,14-15,26H,1-2,5-6,8,11,24H2,(H,28,31,32)/b12-7+. The third-order valence-corrected chi connectivity index (χ3v) is 7.33. The lowest BCUT2D eigenvalue weighted by Gasteiger charge is -2.14. The summed E-state index contributed by atoms with van der Waals surface area (Å²) in [5.74, 6) is 0.0891. The summed E-state index contributed by atoms with van der Waals surface area (Å²) < 4.78 is 1.72. The first-order valence-electron chi connectivity index (χ1n) is 11.3. The van der Waals surface area contributed by atoms with E-state index in [9.17, 15) is 14.4 Å². The average molecular weight is 478 g/mol. The van der Waals surface area contributed by atoms with Crippen molar-refractivity contribution in [2.75, 3.05) is 18.4 Å². The molecule has 0 bridgehead atoms. The Morgan fingerprint density at radius 3 is 2.82 bits per heavy atom. The number of hydrogen-bond acceptors (Lipinski definition) is 8. The third-order valence-electron chi connectivity index (χ3n) is 6.23. The van der Waals surface area contributed by atoms with Gasteiger partial charge in [-0.3, -0.25) is 19.7 Å². The summed E-state index contributed by atoms with van der Waals surface area (Å²) in [6.45, 7) is 1.26. The highest BCUT2D eigenvalue weighted by atomic mass is 32.1. The number of anilines is 1. The molecule has 5 heterocycles. The van der Waals surface area contributed by atoms with Crippen LogP contribution >= 0.6 is 11.3 Å². The minimum absolute atomic E-state index is 0.00621. The van der Waals surface area contributed by atoms with Gasteiger partial charge in [-0.05, 0) is 37.5 Å². The number of amides is 3. The van der Waals surface area contributed by atoms with Gasteiger partial charge in [-0.25, -0.2) is 4.98 Å². The number of imide groups is 1.